The second-order valence-electron chi connectivity index (χ2n) is 5.86. The van der Waals surface area contributed by atoms with Gasteiger partial charge in [0, 0.05) is 12.3 Å². The van der Waals surface area contributed by atoms with Crippen molar-refractivity contribution in [1.82, 2.24) is 0 Å². The number of hydroxylamine groups is 1. The van der Waals surface area contributed by atoms with E-state index >= 15 is 0 Å². The van der Waals surface area contributed by atoms with Crippen molar-refractivity contribution >= 4 is 0 Å². The molecule has 0 bridgehead atoms. The molecule has 5 nitrogen and oxygen atoms in total. The van der Waals surface area contributed by atoms with Crippen LogP contribution in [0.5, 0.6) is 0 Å². The first-order chi connectivity index (χ1) is 7.71. The van der Waals surface area contributed by atoms with Gasteiger partial charge in [-0.3, -0.25) is 0 Å². The molecule has 2 aliphatic carbocycles. The molecule has 4 aliphatic rings. The third-order valence-electron chi connectivity index (χ3n) is 5.34. The van der Waals surface area contributed by atoms with Gasteiger partial charge in [0.25, 0.3) is 0 Å². The monoisotopic (exact) mass is 220 g/mol. The van der Waals surface area contributed by atoms with Crippen molar-refractivity contribution in [3.05, 3.63) is 5.21 Å². The summed E-state index contributed by atoms with van der Waals surface area (Å²) in [6.45, 7) is 2.25. The Labute approximate surface area is 94.2 Å². The van der Waals surface area contributed by atoms with Gasteiger partial charge in [0.2, 0.25) is 0 Å². The normalized spacial score (nSPS) is 57.3. The molecule has 0 aromatic heterocycles. The van der Waals surface area contributed by atoms with Gasteiger partial charge in [-0.05, 0) is 24.4 Å². The number of hydrogen-bond donors (Lipinski definition) is 0. The molecule has 0 aromatic carbocycles. The second-order valence-corrected chi connectivity index (χ2v) is 5.86. The predicted octanol–water partition coefficient (Wildman–Crippen LogP) is 2.11. The molecular formula is C11H16N4O. The maximum atomic E-state index is 11.9. The molecule has 2 saturated carbocycles. The molecule has 0 aromatic rings. The van der Waals surface area contributed by atoms with Crippen LogP contribution in [0, 0.1) is 16.5 Å². The summed E-state index contributed by atoms with van der Waals surface area (Å²) in [6.07, 6.45) is 4.03. The van der Waals surface area contributed by atoms with Gasteiger partial charge in [-0.2, -0.15) is 10.2 Å². The van der Waals surface area contributed by atoms with Crippen molar-refractivity contribution in [2.75, 3.05) is 0 Å². The topological polar surface area (TPSA) is 63.1 Å². The van der Waals surface area contributed by atoms with Gasteiger partial charge in [-0.15, -0.1) is 0 Å². The Kier molecular flexibility index (Phi) is 1.49. The first-order valence-electron chi connectivity index (χ1n) is 6.28. The lowest BCUT2D eigenvalue weighted by Gasteiger charge is -2.46. The minimum absolute atomic E-state index is 0.0388. The quantitative estimate of drug-likeness (QED) is 0.455. The first-order valence-corrected chi connectivity index (χ1v) is 6.28. The highest BCUT2D eigenvalue weighted by atomic mass is 16.5. The van der Waals surface area contributed by atoms with Crippen LogP contribution in [-0.2, 0) is 0 Å². The molecule has 2 aliphatic heterocycles. The standard InChI is InChI=1S/C11H16N4O/c1-11-8-4-2-6-10(11)7(13-12-6)3-5-9(11)15(16)14-8/h6-10H,2-5H2,1H3/t6-,7+,8?,9?,10?,11+/m1/s1. The summed E-state index contributed by atoms with van der Waals surface area (Å²) >= 11 is 0. The van der Waals surface area contributed by atoms with Crippen LogP contribution in [0.4, 0.5) is 0 Å². The van der Waals surface area contributed by atoms with E-state index < -0.39 is 0 Å². The molecule has 2 fully saturated rings. The van der Waals surface area contributed by atoms with E-state index in [1.165, 1.54) is 0 Å². The maximum Gasteiger partial charge on any atom is 0.197 e. The van der Waals surface area contributed by atoms with Crippen LogP contribution < -0.4 is 0 Å². The van der Waals surface area contributed by atoms with E-state index in [4.69, 9.17) is 0 Å². The fourth-order valence-corrected chi connectivity index (χ4v) is 4.57. The Balaban J connectivity index is 1.84. The number of azo groups is 2. The van der Waals surface area contributed by atoms with E-state index in [1.807, 2.05) is 0 Å². The molecular weight excluding hydrogens is 204 g/mol. The van der Waals surface area contributed by atoms with Crippen molar-refractivity contribution < 1.29 is 4.86 Å². The highest BCUT2D eigenvalue weighted by Crippen LogP contribution is 2.58. The molecule has 0 saturated heterocycles. The Bertz CT molecular complexity index is 399. The molecule has 0 N–H and O–H groups in total. The number of rotatable bonds is 0. The van der Waals surface area contributed by atoms with Crippen molar-refractivity contribution in [3.63, 3.8) is 0 Å². The summed E-state index contributed by atoms with van der Waals surface area (Å²) in [5.74, 6) is 0.479. The fourth-order valence-electron chi connectivity index (χ4n) is 4.57. The molecule has 0 radical (unpaired) electrons. The summed E-state index contributed by atoms with van der Waals surface area (Å²) < 4.78 is 0. The van der Waals surface area contributed by atoms with Crippen LogP contribution >= 0.6 is 0 Å². The van der Waals surface area contributed by atoms with Gasteiger partial charge < -0.3 is 5.21 Å². The highest BCUT2D eigenvalue weighted by molar-refractivity contribution is 5.14. The number of hydrogen-bond acceptors (Lipinski definition) is 4. The lowest BCUT2D eigenvalue weighted by Crippen LogP contribution is -2.57. The van der Waals surface area contributed by atoms with Crippen LogP contribution in [0.15, 0.2) is 15.3 Å². The van der Waals surface area contributed by atoms with Crippen LogP contribution in [0.1, 0.15) is 32.6 Å². The van der Waals surface area contributed by atoms with Crippen LogP contribution in [0.2, 0.25) is 0 Å². The lowest BCUT2D eigenvalue weighted by atomic mass is 9.54. The van der Waals surface area contributed by atoms with Crippen molar-refractivity contribution in [2.24, 2.45) is 26.7 Å². The molecule has 2 heterocycles. The molecule has 4 rings (SSSR count). The largest absolute Gasteiger partial charge is 0.600 e. The molecule has 0 spiro atoms. The Morgan fingerprint density at radius 1 is 1.12 bits per heavy atom. The Hall–Kier alpha value is -1.00. The zero-order chi connectivity index (χ0) is 10.9. The van der Waals surface area contributed by atoms with Gasteiger partial charge in [0.05, 0.1) is 17.5 Å². The average Bonchev–Trinajstić information content (AvgIpc) is 2.76. The second kappa shape index (κ2) is 2.63. The summed E-state index contributed by atoms with van der Waals surface area (Å²) in [5.41, 5.74) is 0.0388. The maximum absolute atomic E-state index is 11.9. The molecule has 6 atom stereocenters. The van der Waals surface area contributed by atoms with Crippen LogP contribution in [0.25, 0.3) is 0 Å². The summed E-state index contributed by atoms with van der Waals surface area (Å²) in [6, 6.07) is 1.05. The number of nitrogens with zero attached hydrogens (tertiary/aromatic N) is 4. The van der Waals surface area contributed by atoms with Crippen LogP contribution in [0.3, 0.4) is 0 Å². The third-order valence-corrected chi connectivity index (χ3v) is 5.34. The Morgan fingerprint density at radius 2 is 1.81 bits per heavy atom. The molecule has 16 heavy (non-hydrogen) atoms. The average molecular weight is 220 g/mol. The van der Waals surface area contributed by atoms with Gasteiger partial charge in [-0.1, -0.05) is 11.8 Å². The molecule has 3 unspecified atom stereocenters. The Morgan fingerprint density at radius 3 is 2.56 bits per heavy atom. The van der Waals surface area contributed by atoms with Gasteiger partial charge in [0.15, 0.2) is 6.04 Å². The molecule has 86 valence electrons. The highest BCUT2D eigenvalue weighted by Gasteiger charge is 2.67. The first kappa shape index (κ1) is 9.07. The minimum Gasteiger partial charge on any atom is -0.600 e. The smallest absolute Gasteiger partial charge is 0.197 e. The van der Waals surface area contributed by atoms with E-state index in [1.54, 1.807) is 0 Å². The van der Waals surface area contributed by atoms with E-state index in [2.05, 4.69) is 22.3 Å². The van der Waals surface area contributed by atoms with Crippen molar-refractivity contribution in [1.29, 1.82) is 0 Å². The zero-order valence-corrected chi connectivity index (χ0v) is 9.41. The summed E-state index contributed by atoms with van der Waals surface area (Å²) in [4.78, 5) is 1.00. The SMILES string of the molecule is C[C@]12C3CC[C@H]4N=N[C@@H](CCC1[N+]([O-])=N3)C42. The van der Waals surface area contributed by atoms with Crippen LogP contribution in [-0.4, -0.2) is 29.0 Å². The minimum atomic E-state index is 0.0388. The van der Waals surface area contributed by atoms with Crippen molar-refractivity contribution in [3.8, 4) is 0 Å². The fraction of sp³-hybridized carbons (Fsp3) is 1.00. The van der Waals surface area contributed by atoms with Gasteiger partial charge in [0.1, 0.15) is 6.04 Å². The van der Waals surface area contributed by atoms with E-state index in [-0.39, 0.29) is 17.5 Å². The summed E-state index contributed by atoms with van der Waals surface area (Å²) in [5, 5.41) is 25.1. The third kappa shape index (κ3) is 0.812. The van der Waals surface area contributed by atoms with Gasteiger partial charge >= 0.3 is 0 Å². The van der Waals surface area contributed by atoms with E-state index in [0.29, 0.717) is 18.0 Å². The van der Waals surface area contributed by atoms with Crippen molar-refractivity contribution in [2.45, 2.75) is 56.8 Å². The lowest BCUT2D eigenvalue weighted by molar-refractivity contribution is -0.567. The summed E-state index contributed by atoms with van der Waals surface area (Å²) in [7, 11) is 0. The zero-order valence-electron chi connectivity index (χ0n) is 9.41. The van der Waals surface area contributed by atoms with E-state index in [0.717, 1.165) is 30.5 Å². The van der Waals surface area contributed by atoms with Gasteiger partial charge in [-0.25, -0.2) is 0 Å². The molecule has 5 heteroatoms. The predicted molar refractivity (Wildman–Crippen MR) is 56.1 cm³/mol. The molecule has 0 amide bonds. The van der Waals surface area contributed by atoms with E-state index in [9.17, 15) is 5.21 Å².